The van der Waals surface area contributed by atoms with Crippen LogP contribution in [0.4, 0.5) is 4.79 Å². The molecule has 1 saturated heterocycles. The Morgan fingerprint density at radius 3 is 2.15 bits per heavy atom. The molecule has 2 heterocycles. The third kappa shape index (κ3) is 7.98. The molecule has 0 saturated carbocycles. The zero-order valence-corrected chi connectivity index (χ0v) is 23.6. The Morgan fingerprint density at radius 2 is 1.50 bits per heavy atom. The molecule has 3 aromatic carbocycles. The van der Waals surface area contributed by atoms with Crippen molar-refractivity contribution in [3.05, 3.63) is 136 Å². The quantitative estimate of drug-likeness (QED) is 0.303. The standard InChI is InChI=1S/C34H37N3O2S/c38-34(35-33-18-10-17-31(27-40-33)28-11-4-1-5-12-28)37(22-21-36-23-25-39-26-24-36)20-19-32(29-13-6-2-7-14-29)30-15-8-3-9-16-30/h1-18,27,32H,19-26H2,(H,35,38). The zero-order chi connectivity index (χ0) is 27.4. The summed E-state index contributed by atoms with van der Waals surface area (Å²) in [5, 5.41) is 6.12. The van der Waals surface area contributed by atoms with Crippen LogP contribution >= 0.6 is 11.8 Å². The largest absolute Gasteiger partial charge is 0.379 e. The third-order valence-corrected chi connectivity index (χ3v) is 8.21. The number of benzene rings is 3. The number of rotatable bonds is 10. The van der Waals surface area contributed by atoms with E-state index in [0.29, 0.717) is 13.1 Å². The average Bonchev–Trinajstić information content (AvgIpc) is 3.26. The van der Waals surface area contributed by atoms with Crippen molar-refractivity contribution in [2.24, 2.45) is 0 Å². The van der Waals surface area contributed by atoms with Gasteiger partial charge in [0.1, 0.15) is 0 Å². The molecular formula is C34H37N3O2S. The zero-order valence-electron chi connectivity index (χ0n) is 22.8. The Bertz CT molecular complexity index is 1260. The highest BCUT2D eigenvalue weighted by Crippen LogP contribution is 2.29. The number of carbonyl (C=O) groups excluding carboxylic acids is 1. The average molecular weight is 552 g/mol. The smallest absolute Gasteiger partial charge is 0.322 e. The molecular weight excluding hydrogens is 514 g/mol. The number of nitrogens with zero attached hydrogens (tertiary/aromatic N) is 2. The fraction of sp³-hybridized carbons (Fsp3) is 0.265. The first-order valence-electron chi connectivity index (χ1n) is 14.0. The van der Waals surface area contributed by atoms with Crippen molar-refractivity contribution < 1.29 is 9.53 Å². The van der Waals surface area contributed by atoms with Crippen LogP contribution in [0.2, 0.25) is 0 Å². The maximum Gasteiger partial charge on any atom is 0.322 e. The van der Waals surface area contributed by atoms with Crippen molar-refractivity contribution in [2.75, 3.05) is 45.9 Å². The number of nitrogens with one attached hydrogen (secondary N) is 1. The summed E-state index contributed by atoms with van der Waals surface area (Å²) in [4.78, 5) is 18.1. The number of thioether (sulfide) groups is 1. The van der Waals surface area contributed by atoms with Gasteiger partial charge in [-0.25, -0.2) is 4.79 Å². The van der Waals surface area contributed by atoms with E-state index in [4.69, 9.17) is 4.74 Å². The first kappa shape index (κ1) is 28.0. The van der Waals surface area contributed by atoms with Crippen molar-refractivity contribution in [1.82, 2.24) is 15.1 Å². The summed E-state index contributed by atoms with van der Waals surface area (Å²) in [6, 6.07) is 31.5. The lowest BCUT2D eigenvalue weighted by Gasteiger charge is -2.31. The van der Waals surface area contributed by atoms with Crippen LogP contribution in [0.1, 0.15) is 29.0 Å². The summed E-state index contributed by atoms with van der Waals surface area (Å²) < 4.78 is 5.53. The highest BCUT2D eigenvalue weighted by Gasteiger charge is 2.21. The van der Waals surface area contributed by atoms with Crippen LogP contribution in [-0.4, -0.2) is 61.8 Å². The van der Waals surface area contributed by atoms with Crippen LogP contribution in [0.3, 0.4) is 0 Å². The number of urea groups is 1. The van der Waals surface area contributed by atoms with Crippen molar-refractivity contribution in [2.45, 2.75) is 12.3 Å². The maximum atomic E-state index is 13.7. The summed E-state index contributed by atoms with van der Waals surface area (Å²) in [7, 11) is 0. The van der Waals surface area contributed by atoms with E-state index in [-0.39, 0.29) is 11.9 Å². The Balaban J connectivity index is 1.28. The van der Waals surface area contributed by atoms with Gasteiger partial charge in [0.05, 0.1) is 18.2 Å². The lowest BCUT2D eigenvalue weighted by Crippen LogP contribution is -2.46. The minimum absolute atomic E-state index is 0.0585. The van der Waals surface area contributed by atoms with Gasteiger partial charge in [-0.15, -0.1) is 0 Å². The number of morpholine rings is 1. The Kier molecular flexibility index (Phi) is 10.3. The van der Waals surface area contributed by atoms with E-state index in [2.05, 4.69) is 94.5 Å². The van der Waals surface area contributed by atoms with Crippen LogP contribution in [0.5, 0.6) is 0 Å². The lowest BCUT2D eigenvalue weighted by atomic mass is 9.88. The van der Waals surface area contributed by atoms with Gasteiger partial charge in [0.25, 0.3) is 0 Å². The molecule has 0 atom stereocenters. The van der Waals surface area contributed by atoms with Gasteiger partial charge in [-0.2, -0.15) is 0 Å². The molecule has 2 amide bonds. The summed E-state index contributed by atoms with van der Waals surface area (Å²) in [5.74, 6) is 0.215. The number of amides is 2. The van der Waals surface area contributed by atoms with Crippen LogP contribution < -0.4 is 5.32 Å². The molecule has 0 aromatic heterocycles. The predicted octanol–water partition coefficient (Wildman–Crippen LogP) is 6.74. The molecule has 1 N–H and O–H groups in total. The molecule has 5 rings (SSSR count). The van der Waals surface area contributed by atoms with Crippen molar-refractivity contribution >= 4 is 23.4 Å². The van der Waals surface area contributed by atoms with E-state index in [1.165, 1.54) is 11.1 Å². The SMILES string of the molecule is O=C(NC1=CC=CC(c2ccccc2)=CS1)N(CCC(c1ccccc1)c1ccccc1)CCN1CCOCC1. The van der Waals surface area contributed by atoms with Crippen LogP contribution in [0.25, 0.3) is 5.57 Å². The number of hydrogen-bond donors (Lipinski definition) is 1. The van der Waals surface area contributed by atoms with E-state index < -0.39 is 0 Å². The Morgan fingerprint density at radius 1 is 0.875 bits per heavy atom. The lowest BCUT2D eigenvalue weighted by molar-refractivity contribution is 0.0349. The van der Waals surface area contributed by atoms with E-state index in [0.717, 1.165) is 55.4 Å². The second kappa shape index (κ2) is 14.7. The van der Waals surface area contributed by atoms with Gasteiger partial charge < -0.3 is 15.0 Å². The normalized spacial score (nSPS) is 15.7. The summed E-state index contributed by atoms with van der Waals surface area (Å²) in [6.07, 6.45) is 6.91. The molecule has 206 valence electrons. The third-order valence-electron chi connectivity index (χ3n) is 7.34. The van der Waals surface area contributed by atoms with E-state index in [1.54, 1.807) is 11.8 Å². The Hall–Kier alpha value is -3.58. The fourth-order valence-electron chi connectivity index (χ4n) is 5.08. The summed E-state index contributed by atoms with van der Waals surface area (Å²) in [5.41, 5.74) is 4.83. The minimum Gasteiger partial charge on any atom is -0.379 e. The molecule has 6 heteroatoms. The molecule has 0 bridgehead atoms. The van der Waals surface area contributed by atoms with Crippen LogP contribution in [0.15, 0.2) is 120 Å². The van der Waals surface area contributed by atoms with E-state index in [9.17, 15) is 4.79 Å². The van der Waals surface area contributed by atoms with Gasteiger partial charge in [-0.1, -0.05) is 115 Å². The van der Waals surface area contributed by atoms with Gasteiger partial charge in [0.15, 0.2) is 0 Å². The molecule has 2 aliphatic heterocycles. The first-order chi connectivity index (χ1) is 19.8. The van der Waals surface area contributed by atoms with E-state index >= 15 is 0 Å². The number of ether oxygens (including phenoxy) is 1. The molecule has 1 fully saturated rings. The summed E-state index contributed by atoms with van der Waals surface area (Å²) in [6.45, 7) is 5.48. The first-order valence-corrected chi connectivity index (χ1v) is 14.9. The second-order valence-corrected chi connectivity index (χ2v) is 10.9. The molecule has 40 heavy (non-hydrogen) atoms. The number of carbonyl (C=O) groups is 1. The van der Waals surface area contributed by atoms with E-state index in [1.807, 2.05) is 35.3 Å². The Labute approximate surface area is 242 Å². The summed E-state index contributed by atoms with van der Waals surface area (Å²) >= 11 is 1.55. The van der Waals surface area contributed by atoms with Gasteiger partial charge in [-0.3, -0.25) is 4.90 Å². The van der Waals surface area contributed by atoms with Gasteiger partial charge >= 0.3 is 6.03 Å². The second-order valence-electron chi connectivity index (χ2n) is 9.98. The van der Waals surface area contributed by atoms with Crippen molar-refractivity contribution in [1.29, 1.82) is 0 Å². The van der Waals surface area contributed by atoms with Crippen molar-refractivity contribution in [3.63, 3.8) is 0 Å². The van der Waals surface area contributed by atoms with Gasteiger partial charge in [-0.05, 0) is 40.2 Å². The topological polar surface area (TPSA) is 44.8 Å². The number of allylic oxidation sites excluding steroid dienone is 4. The van der Waals surface area contributed by atoms with Gasteiger partial charge in [0, 0.05) is 38.6 Å². The van der Waals surface area contributed by atoms with Gasteiger partial charge in [0.2, 0.25) is 0 Å². The molecule has 5 nitrogen and oxygen atoms in total. The molecule has 3 aromatic rings. The highest BCUT2D eigenvalue weighted by molar-refractivity contribution is 8.06. The fourth-order valence-corrected chi connectivity index (χ4v) is 5.85. The monoisotopic (exact) mass is 551 g/mol. The maximum absolute atomic E-state index is 13.7. The minimum atomic E-state index is -0.0585. The molecule has 0 radical (unpaired) electrons. The molecule has 2 aliphatic rings. The van der Waals surface area contributed by atoms with Crippen molar-refractivity contribution in [3.8, 4) is 0 Å². The van der Waals surface area contributed by atoms with Crippen LogP contribution in [0, 0.1) is 0 Å². The molecule has 0 aliphatic carbocycles. The molecule has 0 unspecified atom stereocenters. The van der Waals surface area contributed by atoms with Crippen LogP contribution in [-0.2, 0) is 4.74 Å². The predicted molar refractivity (Wildman–Crippen MR) is 166 cm³/mol. The molecule has 0 spiro atoms. The number of hydrogen-bond acceptors (Lipinski definition) is 4. The highest BCUT2D eigenvalue weighted by atomic mass is 32.2.